The van der Waals surface area contributed by atoms with Crippen LogP contribution in [0.2, 0.25) is 10.0 Å². The Bertz CT molecular complexity index is 589. The van der Waals surface area contributed by atoms with Crippen molar-refractivity contribution in [2.45, 2.75) is 50.8 Å². The van der Waals surface area contributed by atoms with Crippen LogP contribution in [0.5, 0.6) is 0 Å². The first kappa shape index (κ1) is 18.6. The summed E-state index contributed by atoms with van der Waals surface area (Å²) in [6, 6.07) is 1.49. The first-order valence-corrected chi connectivity index (χ1v) is 9.35. The Kier molecular flexibility index (Phi) is 7.27. The zero-order chi connectivity index (χ0) is 16.0. The molecular weight excluding hydrogens is 331 g/mol. The molecule has 0 bridgehead atoms. The van der Waals surface area contributed by atoms with E-state index in [1.807, 2.05) is 6.92 Å². The van der Waals surface area contributed by atoms with Crippen LogP contribution >= 0.6 is 23.2 Å². The van der Waals surface area contributed by atoms with Crippen molar-refractivity contribution >= 4 is 38.9 Å². The highest BCUT2D eigenvalue weighted by Gasteiger charge is 2.25. The van der Waals surface area contributed by atoms with E-state index >= 15 is 0 Å². The molecule has 0 aliphatic rings. The van der Waals surface area contributed by atoms with E-state index in [0.29, 0.717) is 23.6 Å². The van der Waals surface area contributed by atoms with Gasteiger partial charge in [0.25, 0.3) is 0 Å². The normalized spacial score (nSPS) is 11.8. The van der Waals surface area contributed by atoms with Crippen molar-refractivity contribution in [3.8, 4) is 0 Å². The highest BCUT2D eigenvalue weighted by atomic mass is 35.5. The molecule has 21 heavy (non-hydrogen) atoms. The van der Waals surface area contributed by atoms with Gasteiger partial charge in [0.2, 0.25) is 10.0 Å². The van der Waals surface area contributed by atoms with Crippen molar-refractivity contribution in [2.75, 3.05) is 12.3 Å². The second-order valence-corrected chi connectivity index (χ2v) is 7.37. The molecule has 0 unspecified atom stereocenters. The Morgan fingerprint density at radius 2 is 1.86 bits per heavy atom. The molecule has 0 saturated heterocycles. The summed E-state index contributed by atoms with van der Waals surface area (Å²) in [4.78, 5) is 0.00663. The van der Waals surface area contributed by atoms with Crippen LogP contribution in [-0.2, 0) is 16.4 Å². The van der Waals surface area contributed by atoms with Crippen molar-refractivity contribution in [3.63, 3.8) is 0 Å². The largest absolute Gasteiger partial charge is 0.397 e. The summed E-state index contributed by atoms with van der Waals surface area (Å²) in [6.45, 7) is 4.31. The van der Waals surface area contributed by atoms with Gasteiger partial charge in [0.1, 0.15) is 4.90 Å². The SMILES string of the molecule is CCCCCCNS(=O)(=O)c1c(Cl)c(N)cc(Cl)c1CC. The number of anilines is 1. The number of nitrogen functional groups attached to an aromatic ring is 1. The van der Waals surface area contributed by atoms with Gasteiger partial charge in [-0.2, -0.15) is 0 Å². The zero-order valence-corrected chi connectivity index (χ0v) is 14.7. The summed E-state index contributed by atoms with van der Waals surface area (Å²) in [5, 5.41) is 0.364. The van der Waals surface area contributed by atoms with Crippen LogP contribution in [0.15, 0.2) is 11.0 Å². The molecule has 0 aliphatic carbocycles. The van der Waals surface area contributed by atoms with Crippen LogP contribution in [0, 0.1) is 0 Å². The number of nitrogens with one attached hydrogen (secondary N) is 1. The fourth-order valence-electron chi connectivity index (χ4n) is 2.10. The lowest BCUT2D eigenvalue weighted by Gasteiger charge is -2.15. The van der Waals surface area contributed by atoms with Gasteiger partial charge in [-0.25, -0.2) is 13.1 Å². The summed E-state index contributed by atoms with van der Waals surface area (Å²) >= 11 is 12.2. The highest BCUT2D eigenvalue weighted by molar-refractivity contribution is 7.89. The minimum Gasteiger partial charge on any atom is -0.397 e. The molecule has 0 fully saturated rings. The second kappa shape index (κ2) is 8.22. The Morgan fingerprint density at radius 3 is 2.43 bits per heavy atom. The fourth-order valence-corrected chi connectivity index (χ4v) is 4.46. The number of hydrogen-bond donors (Lipinski definition) is 2. The van der Waals surface area contributed by atoms with Gasteiger partial charge in [-0.1, -0.05) is 56.3 Å². The summed E-state index contributed by atoms with van der Waals surface area (Å²) in [5.41, 5.74) is 6.40. The molecule has 0 atom stereocenters. The average Bonchev–Trinajstić information content (AvgIpc) is 2.41. The van der Waals surface area contributed by atoms with E-state index in [4.69, 9.17) is 28.9 Å². The molecule has 7 heteroatoms. The standard InChI is InChI=1S/C14H22Cl2N2O2S/c1-3-5-6-7-8-18-21(19,20)14-10(4-2)11(15)9-12(17)13(14)16/h9,18H,3-8,17H2,1-2H3. The number of sulfonamides is 1. The molecule has 120 valence electrons. The molecular formula is C14H22Cl2N2O2S. The first-order valence-electron chi connectivity index (χ1n) is 7.11. The van der Waals surface area contributed by atoms with Crippen molar-refractivity contribution < 1.29 is 8.42 Å². The van der Waals surface area contributed by atoms with Gasteiger partial charge in [-0.3, -0.25) is 0 Å². The second-order valence-electron chi connectivity index (χ2n) is 4.88. The number of unbranched alkanes of at least 4 members (excludes halogenated alkanes) is 3. The van der Waals surface area contributed by atoms with Crippen LogP contribution in [0.1, 0.15) is 45.1 Å². The fraction of sp³-hybridized carbons (Fsp3) is 0.571. The van der Waals surface area contributed by atoms with Gasteiger partial charge in [0.15, 0.2) is 0 Å². The molecule has 0 saturated carbocycles. The highest BCUT2D eigenvalue weighted by Crippen LogP contribution is 2.36. The minimum atomic E-state index is -3.71. The summed E-state index contributed by atoms with van der Waals surface area (Å²) in [7, 11) is -3.71. The summed E-state index contributed by atoms with van der Waals surface area (Å²) in [5.74, 6) is 0. The molecule has 1 rings (SSSR count). The molecule has 3 N–H and O–H groups in total. The smallest absolute Gasteiger partial charge is 0.242 e. The van der Waals surface area contributed by atoms with E-state index in [1.165, 1.54) is 6.07 Å². The van der Waals surface area contributed by atoms with Gasteiger partial charge in [-0.05, 0) is 24.5 Å². The van der Waals surface area contributed by atoms with Gasteiger partial charge >= 0.3 is 0 Å². The Labute approximate surface area is 137 Å². The lowest BCUT2D eigenvalue weighted by Crippen LogP contribution is -2.26. The maximum atomic E-state index is 12.5. The third kappa shape index (κ3) is 4.74. The van der Waals surface area contributed by atoms with Crippen LogP contribution in [0.3, 0.4) is 0 Å². The monoisotopic (exact) mass is 352 g/mol. The van der Waals surface area contributed by atoms with Gasteiger partial charge in [-0.15, -0.1) is 0 Å². The van der Waals surface area contributed by atoms with E-state index in [9.17, 15) is 8.42 Å². The molecule has 1 aromatic carbocycles. The zero-order valence-electron chi connectivity index (χ0n) is 12.4. The molecule has 0 aromatic heterocycles. The molecule has 0 heterocycles. The predicted molar refractivity (Wildman–Crippen MR) is 89.6 cm³/mol. The predicted octanol–water partition coefficient (Wildman–Crippen LogP) is 4.00. The Hall–Kier alpha value is -0.490. The number of benzene rings is 1. The number of halogens is 2. The summed E-state index contributed by atoms with van der Waals surface area (Å²) < 4.78 is 27.5. The number of nitrogens with two attached hydrogens (primary N) is 1. The van der Waals surface area contributed by atoms with Crippen LogP contribution < -0.4 is 10.5 Å². The molecule has 0 spiro atoms. The van der Waals surface area contributed by atoms with Crippen molar-refractivity contribution in [1.29, 1.82) is 0 Å². The maximum Gasteiger partial charge on any atom is 0.242 e. The molecule has 0 amide bonds. The van der Waals surface area contributed by atoms with Crippen molar-refractivity contribution in [1.82, 2.24) is 4.72 Å². The molecule has 0 radical (unpaired) electrons. The van der Waals surface area contributed by atoms with Crippen LogP contribution in [0.25, 0.3) is 0 Å². The van der Waals surface area contributed by atoms with E-state index in [0.717, 1.165) is 25.7 Å². The van der Waals surface area contributed by atoms with E-state index < -0.39 is 10.0 Å². The Morgan fingerprint density at radius 1 is 1.19 bits per heavy atom. The quantitative estimate of drug-likeness (QED) is 0.548. The maximum absolute atomic E-state index is 12.5. The lowest BCUT2D eigenvalue weighted by molar-refractivity contribution is 0.572. The molecule has 0 aliphatic heterocycles. The molecule has 1 aromatic rings. The van der Waals surface area contributed by atoms with Gasteiger partial charge in [0, 0.05) is 11.6 Å². The Balaban J connectivity index is 3.02. The average molecular weight is 353 g/mol. The third-order valence-corrected chi connectivity index (χ3v) is 5.67. The summed E-state index contributed by atoms with van der Waals surface area (Å²) in [6.07, 6.45) is 4.44. The third-order valence-electron chi connectivity index (χ3n) is 3.24. The minimum absolute atomic E-state index is 0.00663. The van der Waals surface area contributed by atoms with E-state index in [2.05, 4.69) is 11.6 Å². The van der Waals surface area contributed by atoms with Crippen LogP contribution in [0.4, 0.5) is 5.69 Å². The molecule has 4 nitrogen and oxygen atoms in total. The van der Waals surface area contributed by atoms with E-state index in [-0.39, 0.29) is 15.6 Å². The van der Waals surface area contributed by atoms with Gasteiger partial charge < -0.3 is 5.73 Å². The number of hydrogen-bond acceptors (Lipinski definition) is 3. The number of rotatable bonds is 8. The van der Waals surface area contributed by atoms with Crippen molar-refractivity contribution in [2.24, 2.45) is 0 Å². The first-order chi connectivity index (χ1) is 9.85. The topological polar surface area (TPSA) is 72.2 Å². The lowest BCUT2D eigenvalue weighted by atomic mass is 10.1. The van der Waals surface area contributed by atoms with Crippen LogP contribution in [-0.4, -0.2) is 15.0 Å². The van der Waals surface area contributed by atoms with Crippen molar-refractivity contribution in [3.05, 3.63) is 21.7 Å². The van der Waals surface area contributed by atoms with Gasteiger partial charge in [0.05, 0.1) is 10.7 Å². The van der Waals surface area contributed by atoms with E-state index in [1.54, 1.807) is 0 Å².